The first kappa shape index (κ1) is 46.5. The summed E-state index contributed by atoms with van der Waals surface area (Å²) in [6, 6.07) is 9.10. The number of hydrogen-bond donors (Lipinski definition) is 4. The third-order valence-electron chi connectivity index (χ3n) is 20.0. The molecule has 0 unspecified atom stereocenters. The third kappa shape index (κ3) is 7.58. The number of nitrogens with zero attached hydrogens (tertiary/aromatic N) is 1. The largest absolute Gasteiger partial charge is 0.481 e. The van der Waals surface area contributed by atoms with Crippen LogP contribution in [0.25, 0.3) is 0 Å². The van der Waals surface area contributed by atoms with Gasteiger partial charge in [0.25, 0.3) is 0 Å². The Hall–Kier alpha value is -3.00. The van der Waals surface area contributed by atoms with Crippen molar-refractivity contribution < 1.29 is 40.2 Å². The number of carbonyl (C=O) groups is 2. The highest BCUT2D eigenvalue weighted by Gasteiger charge is 2.66. The third-order valence-corrected chi connectivity index (χ3v) is 20.0. The second kappa shape index (κ2) is 17.3. The Balaban J connectivity index is 0.00000544. The number of anilines is 1. The number of allylic oxidation sites excluding steroid dienone is 4. The number of aliphatic hydroxyl groups excluding tert-OH is 2. The fraction of sp³-hybridized carbons (Fsp3) is 0.741. The lowest BCUT2D eigenvalue weighted by Gasteiger charge is -2.63. The second-order valence-corrected chi connectivity index (χ2v) is 22.6. The molecule has 1 aromatic rings. The van der Waals surface area contributed by atoms with E-state index in [2.05, 4.69) is 75.7 Å². The van der Waals surface area contributed by atoms with E-state index >= 15 is 0 Å². The summed E-state index contributed by atoms with van der Waals surface area (Å²) < 4.78 is 6.67. The van der Waals surface area contributed by atoms with E-state index < -0.39 is 17.7 Å². The zero-order valence-electron chi connectivity index (χ0n) is 39.0. The van der Waals surface area contributed by atoms with Crippen LogP contribution in [0.15, 0.2) is 47.1 Å². The molecule has 0 spiro atoms. The van der Waals surface area contributed by atoms with Crippen LogP contribution in [0.2, 0.25) is 0 Å². The van der Waals surface area contributed by atoms with Crippen LogP contribution in [-0.2, 0) is 14.3 Å². The number of benzene rings is 1. The zero-order chi connectivity index (χ0) is 43.9. The summed E-state index contributed by atoms with van der Waals surface area (Å²) >= 11 is 0. The molecule has 8 aliphatic rings. The van der Waals surface area contributed by atoms with Crippen LogP contribution in [0.5, 0.6) is 0 Å². The van der Waals surface area contributed by atoms with Crippen molar-refractivity contribution in [1.29, 1.82) is 0 Å². The number of hydrogen-bond acceptors (Lipinski definition) is 7. The molecule has 1 aromatic carbocycles. The molecule has 9 rings (SSSR count). The summed E-state index contributed by atoms with van der Waals surface area (Å²) in [5.41, 5.74) is 5.16. The number of fused-ring (bicyclic) bond motifs is 9. The SMILES string of the molecule is CC#C[C@]1(O)CC[C@H]2[C@@H]3CCC4=CC(=O)CCC4=C3[C@@H](c3ccc(N(C)CCO[C@H]4CC[C@@]5(C)[C@@H](C4)C[C@@H](O)[C@@H]4[C@@H]5C[C@H](O)[C@]5(C)[C@@H]([C@H](C)CCC(=O)O)CC[C@@H]45)cc3)C[C@@]21C.O. The molecule has 63 heavy (non-hydrogen) atoms. The Morgan fingerprint density at radius 2 is 1.71 bits per heavy atom. The lowest BCUT2D eigenvalue weighted by molar-refractivity contribution is -0.209. The maximum absolute atomic E-state index is 12.5. The summed E-state index contributed by atoms with van der Waals surface area (Å²) in [6.45, 7) is 12.4. The van der Waals surface area contributed by atoms with Crippen LogP contribution in [0.3, 0.4) is 0 Å². The molecule has 0 heterocycles. The van der Waals surface area contributed by atoms with Crippen LogP contribution in [0, 0.1) is 75.4 Å². The van der Waals surface area contributed by atoms with Crippen LogP contribution in [-0.4, -0.2) is 81.8 Å². The van der Waals surface area contributed by atoms with Crippen molar-refractivity contribution in [3.8, 4) is 11.8 Å². The van der Waals surface area contributed by atoms with Crippen molar-refractivity contribution in [3.05, 3.63) is 52.6 Å². The van der Waals surface area contributed by atoms with Crippen molar-refractivity contribution in [2.45, 2.75) is 167 Å². The summed E-state index contributed by atoms with van der Waals surface area (Å²) in [5, 5.41) is 45.4. The van der Waals surface area contributed by atoms with Gasteiger partial charge < -0.3 is 35.5 Å². The van der Waals surface area contributed by atoms with Gasteiger partial charge in [-0.15, -0.1) is 5.92 Å². The number of aliphatic carboxylic acids is 1. The zero-order valence-corrected chi connectivity index (χ0v) is 39.0. The van der Waals surface area contributed by atoms with E-state index in [9.17, 15) is 30.0 Å². The highest BCUT2D eigenvalue weighted by Crippen LogP contribution is 2.69. The molecule has 0 saturated heterocycles. The van der Waals surface area contributed by atoms with E-state index in [4.69, 9.17) is 4.74 Å². The fourth-order valence-electron chi connectivity index (χ4n) is 16.6. The lowest BCUT2D eigenvalue weighted by Crippen LogP contribution is -2.62. The predicted octanol–water partition coefficient (Wildman–Crippen LogP) is 8.44. The number of carboxylic acids is 1. The van der Waals surface area contributed by atoms with Gasteiger partial charge in [-0.3, -0.25) is 9.59 Å². The highest BCUT2D eigenvalue weighted by atomic mass is 16.5. The molecule has 6 saturated carbocycles. The summed E-state index contributed by atoms with van der Waals surface area (Å²) in [6.07, 6.45) is 14.6. The van der Waals surface area contributed by atoms with Crippen molar-refractivity contribution in [3.63, 3.8) is 0 Å². The maximum Gasteiger partial charge on any atom is 0.303 e. The van der Waals surface area contributed by atoms with Gasteiger partial charge in [0.15, 0.2) is 5.78 Å². The van der Waals surface area contributed by atoms with Crippen LogP contribution >= 0.6 is 0 Å². The molecular weight excluding hydrogens is 791 g/mol. The summed E-state index contributed by atoms with van der Waals surface area (Å²) in [7, 11) is 2.14. The normalized spacial score (nSPS) is 43.0. The maximum atomic E-state index is 12.5. The number of likely N-dealkylation sites (N-methyl/N-ethyl adjacent to an activating group) is 1. The molecule has 16 atom stereocenters. The van der Waals surface area contributed by atoms with E-state index in [1.807, 2.05) is 13.0 Å². The summed E-state index contributed by atoms with van der Waals surface area (Å²) in [4.78, 5) is 26.2. The standard InChI is InChI=1S/C54H75NO7.H2O/c1-7-22-54(61)24-21-43-40-15-11-34-27-37(56)14-16-39(34)49(40)41(31-52(43,54)4)33-9-12-36(13-10-33)55(6)25-26-62-38-20-23-51(3)35(28-38)29-46(57)50-44-18-17-42(32(2)8-19-48(59)60)53(44,5)47(58)30-45(50)51;/h9-10,12-13,27,32,35,38,40-47,50,57-58,61H,8,11,14-21,23-26,28-31H2,1-6H3,(H,59,60);1H2/t32-,35+,38+,40+,41-,42-,43+,44+,45+,46-,47+,50+,51+,52+,53-,54+;/m1./s1. The van der Waals surface area contributed by atoms with Crippen LogP contribution in [0.4, 0.5) is 5.69 Å². The molecule has 0 aromatic heterocycles. The monoisotopic (exact) mass is 868 g/mol. The van der Waals surface area contributed by atoms with Gasteiger partial charge in [-0.25, -0.2) is 0 Å². The van der Waals surface area contributed by atoms with Gasteiger partial charge in [0.1, 0.15) is 5.60 Å². The minimum Gasteiger partial charge on any atom is -0.481 e. The molecule has 9 heteroatoms. The Morgan fingerprint density at radius 3 is 2.44 bits per heavy atom. The first-order valence-corrected chi connectivity index (χ1v) is 24.7. The van der Waals surface area contributed by atoms with E-state index in [0.29, 0.717) is 37.2 Å². The van der Waals surface area contributed by atoms with E-state index in [0.717, 1.165) is 95.7 Å². The van der Waals surface area contributed by atoms with Gasteiger partial charge >= 0.3 is 5.97 Å². The molecular formula is C54H77NO8. The Kier molecular flexibility index (Phi) is 12.8. The quantitative estimate of drug-likeness (QED) is 0.171. The molecule has 0 bridgehead atoms. The first-order valence-electron chi connectivity index (χ1n) is 24.7. The second-order valence-electron chi connectivity index (χ2n) is 22.6. The summed E-state index contributed by atoms with van der Waals surface area (Å²) in [5.74, 6) is 8.46. The number of carboxylic acid groups (broad SMARTS) is 1. The van der Waals surface area contributed by atoms with Gasteiger partial charge in [-0.2, -0.15) is 0 Å². The predicted molar refractivity (Wildman–Crippen MR) is 246 cm³/mol. The van der Waals surface area contributed by atoms with E-state index in [1.165, 1.54) is 22.3 Å². The van der Waals surface area contributed by atoms with Gasteiger partial charge in [-0.1, -0.05) is 51.3 Å². The smallest absolute Gasteiger partial charge is 0.303 e. The van der Waals surface area contributed by atoms with Crippen LogP contribution < -0.4 is 4.90 Å². The Bertz CT molecular complexity index is 2030. The number of rotatable bonds is 10. The molecule has 8 aliphatic carbocycles. The number of aliphatic hydroxyl groups is 3. The molecule has 6 N–H and O–H groups in total. The fourth-order valence-corrected chi connectivity index (χ4v) is 16.6. The Morgan fingerprint density at radius 1 is 0.952 bits per heavy atom. The number of ketones is 1. The molecule has 0 amide bonds. The van der Waals surface area contributed by atoms with E-state index in [1.54, 1.807) is 0 Å². The topological polar surface area (TPSA) is 159 Å². The first-order chi connectivity index (χ1) is 29.5. The number of ether oxygens (including phenoxy) is 1. The number of carbonyl (C=O) groups excluding carboxylic acids is 1. The van der Waals surface area contributed by atoms with Gasteiger partial charge in [0, 0.05) is 43.5 Å². The average molecular weight is 868 g/mol. The molecule has 346 valence electrons. The molecule has 0 aliphatic heterocycles. The molecule has 9 nitrogen and oxygen atoms in total. The van der Waals surface area contributed by atoms with Gasteiger partial charge in [0.05, 0.1) is 24.9 Å². The Labute approximate surface area is 376 Å². The molecule has 6 fully saturated rings. The highest BCUT2D eigenvalue weighted by molar-refractivity contribution is 5.93. The minimum atomic E-state index is -0.985. The molecule has 0 radical (unpaired) electrons. The van der Waals surface area contributed by atoms with Crippen molar-refractivity contribution in [2.24, 2.45) is 63.6 Å². The van der Waals surface area contributed by atoms with Gasteiger partial charge in [0.2, 0.25) is 0 Å². The average Bonchev–Trinajstić information content (AvgIpc) is 3.73. The van der Waals surface area contributed by atoms with Crippen molar-refractivity contribution in [1.82, 2.24) is 0 Å². The van der Waals surface area contributed by atoms with Crippen LogP contribution in [0.1, 0.15) is 149 Å². The van der Waals surface area contributed by atoms with Crippen molar-refractivity contribution in [2.75, 3.05) is 25.1 Å². The van der Waals surface area contributed by atoms with Gasteiger partial charge in [-0.05, 0) is 190 Å². The van der Waals surface area contributed by atoms with E-state index in [-0.39, 0.29) is 81.6 Å². The minimum absolute atomic E-state index is 0. The lowest BCUT2D eigenvalue weighted by atomic mass is 9.43. The van der Waals surface area contributed by atoms with Crippen molar-refractivity contribution >= 4 is 17.4 Å².